The number of nitriles is 1. The van der Waals surface area contributed by atoms with Crippen LogP contribution < -0.4 is 21.3 Å². The van der Waals surface area contributed by atoms with E-state index in [9.17, 15) is 0 Å². The molecule has 0 radical (unpaired) electrons. The molecule has 2 heterocycles. The van der Waals surface area contributed by atoms with Gasteiger partial charge in [0.05, 0.1) is 23.3 Å². The smallest absolute Gasteiger partial charge is 0.218 e. The highest BCUT2D eigenvalue weighted by Gasteiger charge is 2.29. The lowest BCUT2D eigenvalue weighted by Crippen LogP contribution is -2.24. The molecule has 1 aliphatic heterocycles. The number of fused-ring (bicyclic) bond motifs is 1. The van der Waals surface area contributed by atoms with E-state index in [0.29, 0.717) is 46.1 Å². The Hall–Kier alpha value is -4.96. The number of pyridine rings is 1. The summed E-state index contributed by atoms with van der Waals surface area (Å²) in [7, 11) is 0. The summed E-state index contributed by atoms with van der Waals surface area (Å²) in [4.78, 5) is 6.91. The molecule has 1 aliphatic carbocycles. The third-order valence-corrected chi connectivity index (χ3v) is 7.07. The topological polar surface area (TPSA) is 208 Å². The summed E-state index contributed by atoms with van der Waals surface area (Å²) in [6.45, 7) is 2.34. The highest BCUT2D eigenvalue weighted by molar-refractivity contribution is 6.07. The molecule has 1 aromatic heterocycles. The predicted molar refractivity (Wildman–Crippen MR) is 148 cm³/mol. The van der Waals surface area contributed by atoms with Crippen LogP contribution in [0.4, 0.5) is 5.69 Å². The molecule has 6 N–H and O–H groups in total. The van der Waals surface area contributed by atoms with E-state index < -0.39 is 0 Å². The molecule has 1 saturated carbocycles. The lowest BCUT2D eigenvalue weighted by molar-refractivity contribution is 0.0605. The lowest BCUT2D eigenvalue weighted by atomic mass is 10.0. The summed E-state index contributed by atoms with van der Waals surface area (Å²) in [5.74, 6) is 12.4. The molecule has 40 heavy (non-hydrogen) atoms. The van der Waals surface area contributed by atoms with Gasteiger partial charge in [0.1, 0.15) is 18.1 Å². The van der Waals surface area contributed by atoms with E-state index in [4.69, 9.17) is 42.5 Å². The summed E-state index contributed by atoms with van der Waals surface area (Å²) < 4.78 is 12.1. The largest absolute Gasteiger partial charge is 0.489 e. The van der Waals surface area contributed by atoms with Crippen LogP contribution in [0.2, 0.25) is 0 Å². The Morgan fingerprint density at radius 1 is 1.05 bits per heavy atom. The molecule has 2 fully saturated rings. The van der Waals surface area contributed by atoms with Gasteiger partial charge in [-0.1, -0.05) is 0 Å². The van der Waals surface area contributed by atoms with Crippen LogP contribution in [-0.4, -0.2) is 42.5 Å². The van der Waals surface area contributed by atoms with Crippen molar-refractivity contribution < 1.29 is 9.47 Å². The molecule has 204 valence electrons. The van der Waals surface area contributed by atoms with Crippen LogP contribution in [0.15, 0.2) is 62.9 Å². The van der Waals surface area contributed by atoms with Crippen molar-refractivity contribution in [2.24, 2.45) is 38.0 Å². The van der Waals surface area contributed by atoms with Gasteiger partial charge in [-0.2, -0.15) is 15.5 Å². The van der Waals surface area contributed by atoms with Crippen LogP contribution in [0, 0.1) is 28.3 Å². The zero-order chi connectivity index (χ0) is 28.1. The first-order valence-electron chi connectivity index (χ1n) is 12.9. The predicted octanol–water partition coefficient (Wildman–Crippen LogP) is 3.99. The van der Waals surface area contributed by atoms with Crippen LogP contribution in [-0.2, 0) is 11.3 Å². The number of anilines is 1. The van der Waals surface area contributed by atoms with Crippen LogP contribution in [0.25, 0.3) is 10.9 Å². The van der Waals surface area contributed by atoms with E-state index in [-0.39, 0.29) is 24.4 Å². The van der Waals surface area contributed by atoms with Crippen LogP contribution in [0.5, 0.6) is 5.75 Å². The molecule has 0 spiro atoms. The van der Waals surface area contributed by atoms with Crippen molar-refractivity contribution >= 4 is 28.3 Å². The minimum atomic E-state index is -0.00583. The molecule has 2 aliphatic rings. The third kappa shape index (κ3) is 5.71. The van der Waals surface area contributed by atoms with Crippen molar-refractivity contribution in [2.75, 3.05) is 24.6 Å². The van der Waals surface area contributed by atoms with Crippen molar-refractivity contribution in [3.8, 4) is 11.8 Å². The molecular weight excluding hydrogens is 510 g/mol. The maximum absolute atomic E-state index is 9.06. The molecule has 2 aromatic carbocycles. The van der Waals surface area contributed by atoms with E-state index in [1.165, 1.54) is 12.8 Å². The van der Waals surface area contributed by atoms with Crippen molar-refractivity contribution in [1.29, 1.82) is 16.3 Å². The van der Waals surface area contributed by atoms with Crippen LogP contribution in [0.1, 0.15) is 41.6 Å². The summed E-state index contributed by atoms with van der Waals surface area (Å²) in [5.41, 5.74) is 18.6. The number of hydrazone groups is 2. The summed E-state index contributed by atoms with van der Waals surface area (Å²) in [5, 5.41) is 24.2. The first kappa shape index (κ1) is 26.6. The fraction of sp³-hybridized carbons (Fsp3) is 0.333. The molecule has 5 rings (SSSR count). The lowest BCUT2D eigenvalue weighted by Gasteiger charge is -2.22. The van der Waals surface area contributed by atoms with Gasteiger partial charge in [-0.25, -0.2) is 16.0 Å². The molecule has 0 amide bonds. The number of benzene rings is 2. The number of nitrogens with one attached hydrogen (secondary N) is 2. The van der Waals surface area contributed by atoms with E-state index in [1.54, 1.807) is 24.3 Å². The Kier molecular flexibility index (Phi) is 7.88. The zero-order valence-electron chi connectivity index (χ0n) is 21.7. The molecule has 1 unspecified atom stereocenters. The quantitative estimate of drug-likeness (QED) is 0.103. The molecule has 13 heteroatoms. The average Bonchev–Trinajstić information content (AvgIpc) is 3.71. The van der Waals surface area contributed by atoms with Gasteiger partial charge >= 0.3 is 0 Å². The monoisotopic (exact) mass is 539 g/mol. The van der Waals surface area contributed by atoms with Gasteiger partial charge in [0.2, 0.25) is 5.84 Å². The Morgan fingerprint density at radius 2 is 1.80 bits per heavy atom. The van der Waals surface area contributed by atoms with Crippen molar-refractivity contribution in [3.63, 3.8) is 0 Å². The Bertz CT molecular complexity index is 1520. The number of nitrogens with zero attached hydrogens (tertiary/aromatic N) is 7. The molecule has 1 atom stereocenters. The van der Waals surface area contributed by atoms with Gasteiger partial charge in [0.15, 0.2) is 5.84 Å². The Morgan fingerprint density at radius 3 is 2.45 bits per heavy atom. The normalized spacial score (nSPS) is 17.6. The molecule has 1 saturated heterocycles. The maximum atomic E-state index is 9.06. The van der Waals surface area contributed by atoms with E-state index in [0.717, 1.165) is 30.6 Å². The zero-order valence-corrected chi connectivity index (χ0v) is 21.7. The number of amidine groups is 2. The van der Waals surface area contributed by atoms with E-state index in [1.807, 2.05) is 18.2 Å². The number of nitrogens with two attached hydrogens (primary N) is 2. The van der Waals surface area contributed by atoms with Gasteiger partial charge in [0.25, 0.3) is 0 Å². The second-order valence-electron chi connectivity index (χ2n) is 9.74. The van der Waals surface area contributed by atoms with Crippen LogP contribution in [0.3, 0.4) is 0 Å². The summed E-state index contributed by atoms with van der Waals surface area (Å²) in [6.07, 6.45) is 3.46. The molecule has 13 nitrogen and oxygen atoms in total. The highest BCUT2D eigenvalue weighted by Crippen LogP contribution is 2.34. The minimum Gasteiger partial charge on any atom is -0.489 e. The second kappa shape index (κ2) is 11.8. The van der Waals surface area contributed by atoms with Crippen LogP contribution >= 0.6 is 0 Å². The number of hydrogen-bond donors (Lipinski definition) is 4. The van der Waals surface area contributed by atoms with Gasteiger partial charge in [-0.3, -0.25) is 0 Å². The summed E-state index contributed by atoms with van der Waals surface area (Å²) >= 11 is 0. The standard InChI is InChI=1S/C27H29N11O2/c28-12-16-3-5-19(6-4-16)40-15-18-9-23-22(10-21(18)26(34-29)35-30)25(11-24(33-23)27(36-31)37-32)38-8-7-20(13-38)39-14-17-1-2-17/h3-6,9-11,17,20,29,31H,1-2,7-8,13-15,30,32H2. The Labute approximate surface area is 230 Å². The van der Waals surface area contributed by atoms with E-state index in [2.05, 4.69) is 31.4 Å². The van der Waals surface area contributed by atoms with Gasteiger partial charge in [-0.05, 0) is 67.6 Å². The van der Waals surface area contributed by atoms with E-state index >= 15 is 0 Å². The molecule has 3 aromatic rings. The average molecular weight is 540 g/mol. The highest BCUT2D eigenvalue weighted by atomic mass is 16.5. The molecule has 0 bridgehead atoms. The first-order valence-corrected chi connectivity index (χ1v) is 12.9. The fourth-order valence-electron chi connectivity index (χ4n) is 4.74. The van der Waals surface area contributed by atoms with Crippen molar-refractivity contribution in [2.45, 2.75) is 32.0 Å². The SMILES string of the molecule is N#Cc1ccc(OCc2cc3nc(C(N=N)=NN)cc(N4CCC(OCC5CC5)C4)c3cc2C(N=N)=NN)cc1. The molecular formula is C27H29N11O2. The van der Waals surface area contributed by atoms with Gasteiger partial charge in [0, 0.05) is 41.9 Å². The van der Waals surface area contributed by atoms with Gasteiger partial charge < -0.3 is 26.1 Å². The minimum absolute atomic E-state index is 0.00583. The number of ether oxygens (including phenoxy) is 2. The Balaban J connectivity index is 1.56. The number of hydrogen-bond acceptors (Lipinski definition) is 11. The second-order valence-corrected chi connectivity index (χ2v) is 9.74. The number of rotatable bonds is 9. The van der Waals surface area contributed by atoms with Crippen molar-refractivity contribution in [1.82, 2.24) is 4.98 Å². The third-order valence-electron chi connectivity index (χ3n) is 7.07. The maximum Gasteiger partial charge on any atom is 0.218 e. The summed E-state index contributed by atoms with van der Waals surface area (Å²) in [6, 6.07) is 14.3. The number of aromatic nitrogens is 1. The first-order chi connectivity index (χ1) is 19.6. The van der Waals surface area contributed by atoms with Gasteiger partial charge in [-0.15, -0.1) is 10.2 Å². The fourth-order valence-corrected chi connectivity index (χ4v) is 4.74. The van der Waals surface area contributed by atoms with Crippen molar-refractivity contribution in [3.05, 3.63) is 64.8 Å².